The van der Waals surface area contributed by atoms with Crippen LogP contribution in [0, 0.1) is 0 Å². The summed E-state index contributed by atoms with van der Waals surface area (Å²) in [5, 5.41) is 6.75. The Hall–Kier alpha value is -6.32. The van der Waals surface area contributed by atoms with Gasteiger partial charge in [-0.3, -0.25) is 0 Å². The normalized spacial score (nSPS) is 13.4. The first kappa shape index (κ1) is 27.0. The highest BCUT2D eigenvalue weighted by atomic mass is 16.3. The number of hydrogen-bond donors (Lipinski definition) is 0. The van der Waals surface area contributed by atoms with E-state index in [0.717, 1.165) is 66.6 Å². The van der Waals surface area contributed by atoms with Gasteiger partial charge in [0, 0.05) is 27.5 Å². The van der Waals surface area contributed by atoms with E-state index < -0.39 is 0 Å². The van der Waals surface area contributed by atoms with E-state index in [2.05, 4.69) is 140 Å². The second-order valence-electron chi connectivity index (χ2n) is 11.8. The van der Waals surface area contributed by atoms with Crippen molar-refractivity contribution in [2.45, 2.75) is 0 Å². The molecule has 1 aliphatic heterocycles. The number of nitrogens with zero attached hydrogens (tertiary/aromatic N) is 2. The van der Waals surface area contributed by atoms with Crippen LogP contribution in [-0.4, -0.2) is 11.5 Å². The van der Waals surface area contributed by atoms with Crippen LogP contribution in [0.25, 0.3) is 60.3 Å². The van der Waals surface area contributed by atoms with Gasteiger partial charge in [-0.15, -0.1) is 0 Å². The number of amidine groups is 1. The Bertz CT molecular complexity index is 2610. The number of rotatable bonds is 4. The Morgan fingerprint density at radius 3 is 2.09 bits per heavy atom. The Morgan fingerprint density at radius 1 is 0.447 bits per heavy atom. The molecular formula is C44H28N2O. The van der Waals surface area contributed by atoms with Crippen molar-refractivity contribution in [2.24, 2.45) is 9.98 Å². The summed E-state index contributed by atoms with van der Waals surface area (Å²) in [5.41, 5.74) is 8.49. The maximum absolute atomic E-state index is 6.54. The summed E-state index contributed by atoms with van der Waals surface area (Å²) < 4.78 is 6.54. The van der Waals surface area contributed by atoms with E-state index in [1.54, 1.807) is 0 Å². The van der Waals surface area contributed by atoms with E-state index in [4.69, 9.17) is 14.4 Å². The van der Waals surface area contributed by atoms with Gasteiger partial charge in [0.15, 0.2) is 5.84 Å². The Kier molecular flexibility index (Phi) is 6.46. The minimum Gasteiger partial charge on any atom is -0.456 e. The smallest absolute Gasteiger partial charge is 0.161 e. The van der Waals surface area contributed by atoms with Gasteiger partial charge >= 0.3 is 0 Å². The highest BCUT2D eigenvalue weighted by molar-refractivity contribution is 6.25. The fourth-order valence-electron chi connectivity index (χ4n) is 6.61. The van der Waals surface area contributed by atoms with Gasteiger partial charge in [0.1, 0.15) is 11.2 Å². The van der Waals surface area contributed by atoms with Crippen LogP contribution in [0.2, 0.25) is 0 Å². The maximum atomic E-state index is 6.54. The van der Waals surface area contributed by atoms with Crippen LogP contribution in [0.1, 0.15) is 16.7 Å². The van der Waals surface area contributed by atoms with Crippen molar-refractivity contribution in [2.75, 3.05) is 0 Å². The second kappa shape index (κ2) is 11.2. The predicted molar refractivity (Wildman–Crippen MR) is 197 cm³/mol. The third-order valence-electron chi connectivity index (χ3n) is 8.90. The molecule has 1 aliphatic rings. The van der Waals surface area contributed by atoms with Crippen LogP contribution in [0.15, 0.2) is 184 Å². The third kappa shape index (κ3) is 4.86. The SMILES string of the molecule is C1=CC(c2ccccc2)=NC(c2cc(-c3ccc4ccccc4c3)cc3oc4ccccc4c23)=NC(c2cccc3ccccc23)=C1. The van der Waals surface area contributed by atoms with Crippen LogP contribution >= 0.6 is 0 Å². The van der Waals surface area contributed by atoms with Crippen LogP contribution < -0.4 is 0 Å². The Labute approximate surface area is 272 Å². The molecule has 0 fully saturated rings. The summed E-state index contributed by atoms with van der Waals surface area (Å²) in [6.45, 7) is 0. The van der Waals surface area contributed by atoms with Crippen LogP contribution in [0.4, 0.5) is 0 Å². The third-order valence-corrected chi connectivity index (χ3v) is 8.90. The van der Waals surface area contributed by atoms with Gasteiger partial charge in [-0.1, -0.05) is 133 Å². The van der Waals surface area contributed by atoms with E-state index in [-0.39, 0.29) is 0 Å². The van der Waals surface area contributed by atoms with Crippen molar-refractivity contribution in [1.82, 2.24) is 0 Å². The molecule has 0 radical (unpaired) electrons. The van der Waals surface area contributed by atoms with Gasteiger partial charge in [0.05, 0.1) is 11.4 Å². The quantitative estimate of drug-likeness (QED) is 0.198. The summed E-state index contributed by atoms with van der Waals surface area (Å²) in [4.78, 5) is 10.8. The lowest BCUT2D eigenvalue weighted by Crippen LogP contribution is -2.07. The minimum atomic E-state index is 0.631. The number of fused-ring (bicyclic) bond motifs is 5. The van der Waals surface area contributed by atoms with Gasteiger partial charge in [-0.25, -0.2) is 9.98 Å². The van der Waals surface area contributed by atoms with Crippen LogP contribution in [0.5, 0.6) is 0 Å². The molecule has 220 valence electrons. The fraction of sp³-hybridized carbons (Fsp3) is 0. The summed E-state index contributed by atoms with van der Waals surface area (Å²) in [6, 6.07) is 52.8. The Morgan fingerprint density at radius 2 is 1.19 bits per heavy atom. The molecule has 0 bridgehead atoms. The molecule has 1 aromatic heterocycles. The van der Waals surface area contributed by atoms with Crippen molar-refractivity contribution < 1.29 is 4.42 Å². The topological polar surface area (TPSA) is 37.9 Å². The van der Waals surface area contributed by atoms with E-state index in [9.17, 15) is 0 Å². The summed E-state index contributed by atoms with van der Waals surface area (Å²) in [5.74, 6) is 0.631. The van der Waals surface area contributed by atoms with E-state index in [1.807, 2.05) is 30.3 Å². The van der Waals surface area contributed by atoms with Gasteiger partial charge in [-0.2, -0.15) is 0 Å². The molecule has 0 unspecified atom stereocenters. The number of allylic oxidation sites excluding steroid dienone is 3. The zero-order valence-corrected chi connectivity index (χ0v) is 25.5. The first-order chi connectivity index (χ1) is 23.3. The molecule has 8 aromatic rings. The monoisotopic (exact) mass is 600 g/mol. The van der Waals surface area contributed by atoms with Gasteiger partial charge < -0.3 is 4.42 Å². The average molecular weight is 601 g/mol. The lowest BCUT2D eigenvalue weighted by Gasteiger charge is -2.14. The van der Waals surface area contributed by atoms with Gasteiger partial charge in [0.25, 0.3) is 0 Å². The Balaban J connectivity index is 1.34. The molecule has 0 saturated carbocycles. The molecule has 9 rings (SSSR count). The molecule has 0 saturated heterocycles. The molecule has 3 nitrogen and oxygen atoms in total. The van der Waals surface area contributed by atoms with E-state index in [1.165, 1.54) is 16.2 Å². The number of benzene rings is 7. The average Bonchev–Trinajstić information content (AvgIpc) is 3.50. The molecule has 3 heteroatoms. The minimum absolute atomic E-state index is 0.631. The number of para-hydroxylation sites is 1. The maximum Gasteiger partial charge on any atom is 0.161 e. The largest absolute Gasteiger partial charge is 0.456 e. The number of aliphatic imine (C=N–C) groups is 2. The molecular weight excluding hydrogens is 572 g/mol. The molecule has 0 spiro atoms. The molecule has 47 heavy (non-hydrogen) atoms. The predicted octanol–water partition coefficient (Wildman–Crippen LogP) is 11.4. The number of furan rings is 1. The van der Waals surface area contributed by atoms with Crippen molar-refractivity contribution in [3.05, 3.63) is 187 Å². The molecule has 7 aromatic carbocycles. The molecule has 0 N–H and O–H groups in total. The fourth-order valence-corrected chi connectivity index (χ4v) is 6.61. The van der Waals surface area contributed by atoms with E-state index in [0.29, 0.717) is 5.84 Å². The number of hydrogen-bond acceptors (Lipinski definition) is 3. The summed E-state index contributed by atoms with van der Waals surface area (Å²) in [7, 11) is 0. The van der Waals surface area contributed by atoms with Crippen molar-refractivity contribution in [3.8, 4) is 11.1 Å². The first-order valence-electron chi connectivity index (χ1n) is 15.8. The lowest BCUT2D eigenvalue weighted by atomic mass is 9.96. The van der Waals surface area contributed by atoms with Crippen molar-refractivity contribution in [1.29, 1.82) is 0 Å². The molecule has 0 atom stereocenters. The van der Waals surface area contributed by atoms with Gasteiger partial charge in [0.2, 0.25) is 0 Å². The lowest BCUT2D eigenvalue weighted by molar-refractivity contribution is 0.669. The van der Waals surface area contributed by atoms with Gasteiger partial charge in [-0.05, 0) is 69.1 Å². The van der Waals surface area contributed by atoms with Crippen molar-refractivity contribution >= 4 is 60.7 Å². The summed E-state index contributed by atoms with van der Waals surface area (Å²) in [6.07, 6.45) is 6.22. The van der Waals surface area contributed by atoms with Crippen LogP contribution in [-0.2, 0) is 0 Å². The summed E-state index contributed by atoms with van der Waals surface area (Å²) >= 11 is 0. The zero-order valence-electron chi connectivity index (χ0n) is 25.5. The van der Waals surface area contributed by atoms with E-state index >= 15 is 0 Å². The zero-order chi connectivity index (χ0) is 31.2. The highest BCUT2D eigenvalue weighted by Crippen LogP contribution is 2.38. The standard InChI is InChI=1S/C44H28N2O/c1-2-14-31(15-3-1)39-21-11-22-40(36-20-10-17-30-13-6-7-18-35(30)36)46-44(45-39)38-27-34(33-25-24-29-12-4-5-16-32(29)26-33)28-42-43(38)37-19-8-9-23-41(37)47-42/h1-28H. The first-order valence-corrected chi connectivity index (χ1v) is 15.8. The van der Waals surface area contributed by atoms with Crippen molar-refractivity contribution in [3.63, 3.8) is 0 Å². The van der Waals surface area contributed by atoms with Crippen LogP contribution in [0.3, 0.4) is 0 Å². The molecule has 2 heterocycles. The molecule has 0 amide bonds. The second-order valence-corrected chi connectivity index (χ2v) is 11.8. The highest BCUT2D eigenvalue weighted by Gasteiger charge is 2.20. The molecule has 0 aliphatic carbocycles.